The van der Waals surface area contributed by atoms with Gasteiger partial charge in [-0.15, -0.1) is 0 Å². The van der Waals surface area contributed by atoms with Gasteiger partial charge >= 0.3 is 0 Å². The summed E-state index contributed by atoms with van der Waals surface area (Å²) in [5.41, 5.74) is 7.56. The third-order valence-electron chi connectivity index (χ3n) is 4.15. The molecule has 1 aromatic rings. The van der Waals surface area contributed by atoms with E-state index in [-0.39, 0.29) is 6.04 Å². The van der Waals surface area contributed by atoms with Crippen molar-refractivity contribution in [3.63, 3.8) is 0 Å². The van der Waals surface area contributed by atoms with Crippen LogP contribution in [0.2, 0.25) is 0 Å². The molecular formula is C15H27N3O. The van der Waals surface area contributed by atoms with Crippen LogP contribution in [0.4, 0.5) is 0 Å². The van der Waals surface area contributed by atoms with Crippen molar-refractivity contribution in [1.82, 2.24) is 9.55 Å². The Hall–Kier alpha value is -0.870. The summed E-state index contributed by atoms with van der Waals surface area (Å²) >= 11 is 0. The first-order valence-corrected chi connectivity index (χ1v) is 7.44. The van der Waals surface area contributed by atoms with Crippen LogP contribution in [0.25, 0.3) is 0 Å². The van der Waals surface area contributed by atoms with E-state index in [1.807, 2.05) is 12.5 Å². The van der Waals surface area contributed by atoms with Gasteiger partial charge in [0.05, 0.1) is 24.7 Å². The Morgan fingerprint density at radius 2 is 2.21 bits per heavy atom. The minimum atomic E-state index is 0.0477. The van der Waals surface area contributed by atoms with Crippen molar-refractivity contribution in [2.45, 2.75) is 52.1 Å². The fraction of sp³-hybridized carbons (Fsp3) is 0.800. The minimum Gasteiger partial charge on any atom is -0.381 e. The zero-order valence-corrected chi connectivity index (χ0v) is 12.4. The third-order valence-corrected chi connectivity index (χ3v) is 4.15. The molecule has 1 fully saturated rings. The predicted molar refractivity (Wildman–Crippen MR) is 76.9 cm³/mol. The van der Waals surface area contributed by atoms with E-state index in [1.165, 1.54) is 12.8 Å². The van der Waals surface area contributed by atoms with Gasteiger partial charge in [0.25, 0.3) is 0 Å². The van der Waals surface area contributed by atoms with Crippen LogP contribution >= 0.6 is 0 Å². The molecule has 1 aromatic heterocycles. The average Bonchev–Trinajstić information content (AvgIpc) is 3.05. The van der Waals surface area contributed by atoms with Crippen molar-refractivity contribution < 1.29 is 4.74 Å². The topological polar surface area (TPSA) is 53.1 Å². The van der Waals surface area contributed by atoms with E-state index in [0.717, 1.165) is 31.2 Å². The average molecular weight is 265 g/mol. The summed E-state index contributed by atoms with van der Waals surface area (Å²) in [6, 6.07) is 0.514. The lowest BCUT2D eigenvalue weighted by molar-refractivity contribution is 0.180. The highest BCUT2D eigenvalue weighted by Crippen LogP contribution is 2.29. The Labute approximate surface area is 116 Å². The molecule has 1 saturated heterocycles. The molecule has 0 aliphatic carbocycles. The van der Waals surface area contributed by atoms with Crippen molar-refractivity contribution >= 4 is 0 Å². The van der Waals surface area contributed by atoms with E-state index in [4.69, 9.17) is 10.5 Å². The Bertz CT molecular complexity index is 382. The number of aromatic nitrogens is 2. The summed E-state index contributed by atoms with van der Waals surface area (Å²) in [5.74, 6) is 1.18. The van der Waals surface area contributed by atoms with Crippen molar-refractivity contribution in [1.29, 1.82) is 0 Å². The molecule has 0 aromatic carbocycles. The monoisotopic (exact) mass is 265 g/mol. The van der Waals surface area contributed by atoms with Gasteiger partial charge in [-0.05, 0) is 32.1 Å². The van der Waals surface area contributed by atoms with E-state index in [9.17, 15) is 0 Å². The van der Waals surface area contributed by atoms with E-state index in [0.29, 0.717) is 12.0 Å². The maximum Gasteiger partial charge on any atom is 0.0951 e. The largest absolute Gasteiger partial charge is 0.381 e. The van der Waals surface area contributed by atoms with Crippen LogP contribution in [0.5, 0.6) is 0 Å². The number of hydrogen-bond acceptors (Lipinski definition) is 3. The number of imidazole rings is 1. The number of nitrogens with two attached hydrogens (primary N) is 1. The van der Waals surface area contributed by atoms with Gasteiger partial charge in [0.1, 0.15) is 0 Å². The van der Waals surface area contributed by atoms with Gasteiger partial charge in [-0.2, -0.15) is 0 Å². The number of rotatable bonds is 6. The molecule has 2 heterocycles. The second-order valence-electron chi connectivity index (χ2n) is 6.20. The van der Waals surface area contributed by atoms with E-state index >= 15 is 0 Å². The van der Waals surface area contributed by atoms with E-state index in [1.54, 1.807) is 0 Å². The molecule has 4 nitrogen and oxygen atoms in total. The lowest BCUT2D eigenvalue weighted by Crippen LogP contribution is -2.25. The zero-order valence-electron chi connectivity index (χ0n) is 12.4. The Balaban J connectivity index is 2.03. The molecule has 0 bridgehead atoms. The van der Waals surface area contributed by atoms with Gasteiger partial charge in [0.15, 0.2) is 0 Å². The third kappa shape index (κ3) is 3.57. The van der Waals surface area contributed by atoms with Gasteiger partial charge in [-0.1, -0.05) is 13.8 Å². The molecule has 108 valence electrons. The van der Waals surface area contributed by atoms with Gasteiger partial charge in [0.2, 0.25) is 0 Å². The SMILES string of the molecule is CC(C)CCC(C)n1cncc1C(N)C1CCOC1. The van der Waals surface area contributed by atoms with Crippen molar-refractivity contribution in [2.75, 3.05) is 13.2 Å². The van der Waals surface area contributed by atoms with Crippen LogP contribution in [0.3, 0.4) is 0 Å². The molecule has 19 heavy (non-hydrogen) atoms. The Kier molecular flexibility index (Phi) is 4.99. The van der Waals surface area contributed by atoms with Gasteiger partial charge in [0, 0.05) is 24.8 Å². The quantitative estimate of drug-likeness (QED) is 0.860. The number of hydrogen-bond donors (Lipinski definition) is 1. The van der Waals surface area contributed by atoms with Crippen molar-refractivity contribution in [3.05, 3.63) is 18.2 Å². The number of ether oxygens (including phenoxy) is 1. The van der Waals surface area contributed by atoms with Crippen molar-refractivity contribution in [3.8, 4) is 0 Å². The summed E-state index contributed by atoms with van der Waals surface area (Å²) in [4.78, 5) is 4.30. The maximum atomic E-state index is 6.40. The highest BCUT2D eigenvalue weighted by Gasteiger charge is 2.27. The predicted octanol–water partition coefficient (Wildman–Crippen LogP) is 2.92. The van der Waals surface area contributed by atoms with Crippen LogP contribution in [0.15, 0.2) is 12.5 Å². The fourth-order valence-electron chi connectivity index (χ4n) is 2.73. The molecule has 0 saturated carbocycles. The van der Waals surface area contributed by atoms with Crippen LogP contribution in [-0.4, -0.2) is 22.8 Å². The first-order valence-electron chi connectivity index (χ1n) is 7.44. The summed E-state index contributed by atoms with van der Waals surface area (Å²) < 4.78 is 7.70. The van der Waals surface area contributed by atoms with Crippen molar-refractivity contribution in [2.24, 2.45) is 17.6 Å². The summed E-state index contributed by atoms with van der Waals surface area (Å²) in [5, 5.41) is 0. The van der Waals surface area contributed by atoms with Gasteiger partial charge < -0.3 is 15.0 Å². The smallest absolute Gasteiger partial charge is 0.0951 e. The molecule has 1 aliphatic heterocycles. The van der Waals surface area contributed by atoms with Crippen LogP contribution in [0, 0.1) is 11.8 Å². The molecule has 4 heteroatoms. The molecule has 2 rings (SSSR count). The molecule has 0 spiro atoms. The molecular weight excluding hydrogens is 238 g/mol. The second-order valence-corrected chi connectivity index (χ2v) is 6.20. The lowest BCUT2D eigenvalue weighted by Gasteiger charge is -2.23. The maximum absolute atomic E-state index is 6.40. The van der Waals surface area contributed by atoms with E-state index < -0.39 is 0 Å². The molecule has 1 aliphatic rings. The Morgan fingerprint density at radius 3 is 2.84 bits per heavy atom. The minimum absolute atomic E-state index is 0.0477. The fourth-order valence-corrected chi connectivity index (χ4v) is 2.73. The van der Waals surface area contributed by atoms with Crippen LogP contribution in [0.1, 0.15) is 57.8 Å². The number of nitrogens with zero attached hydrogens (tertiary/aromatic N) is 2. The lowest BCUT2D eigenvalue weighted by atomic mass is 9.96. The zero-order chi connectivity index (χ0) is 13.8. The summed E-state index contributed by atoms with van der Waals surface area (Å²) in [7, 11) is 0. The highest BCUT2D eigenvalue weighted by atomic mass is 16.5. The van der Waals surface area contributed by atoms with E-state index in [2.05, 4.69) is 30.3 Å². The first-order chi connectivity index (χ1) is 9.09. The second kappa shape index (κ2) is 6.53. The summed E-state index contributed by atoms with van der Waals surface area (Å²) in [6.45, 7) is 8.42. The Morgan fingerprint density at radius 1 is 1.42 bits per heavy atom. The molecule has 3 atom stereocenters. The summed E-state index contributed by atoms with van der Waals surface area (Å²) in [6.07, 6.45) is 7.33. The van der Waals surface area contributed by atoms with Gasteiger partial charge in [-0.3, -0.25) is 0 Å². The molecule has 3 unspecified atom stereocenters. The first kappa shape index (κ1) is 14.5. The van der Waals surface area contributed by atoms with Gasteiger partial charge in [-0.25, -0.2) is 4.98 Å². The standard InChI is InChI=1S/C15H27N3O/c1-11(2)4-5-12(3)18-10-17-8-14(18)15(16)13-6-7-19-9-13/h8,10-13,15H,4-7,9,16H2,1-3H3. The molecule has 2 N–H and O–H groups in total. The molecule has 0 radical (unpaired) electrons. The van der Waals surface area contributed by atoms with Crippen LogP contribution in [-0.2, 0) is 4.74 Å². The normalized spacial score (nSPS) is 22.9. The molecule has 0 amide bonds. The highest BCUT2D eigenvalue weighted by molar-refractivity contribution is 5.08. The van der Waals surface area contributed by atoms with Crippen LogP contribution < -0.4 is 5.73 Å².